The summed E-state index contributed by atoms with van der Waals surface area (Å²) in [7, 11) is -2.80. The van der Waals surface area contributed by atoms with Crippen LogP contribution in [-0.2, 0) is 21.4 Å². The Labute approximate surface area is 202 Å². The van der Waals surface area contributed by atoms with Crippen molar-refractivity contribution in [2.75, 3.05) is 18.0 Å². The Morgan fingerprint density at radius 2 is 1.74 bits per heavy atom. The van der Waals surface area contributed by atoms with Crippen LogP contribution in [0, 0.1) is 6.92 Å². The predicted molar refractivity (Wildman–Crippen MR) is 129 cm³/mol. The van der Waals surface area contributed by atoms with Crippen molar-refractivity contribution in [3.8, 4) is 5.75 Å². The van der Waals surface area contributed by atoms with E-state index >= 15 is 0 Å². The van der Waals surface area contributed by atoms with Crippen molar-refractivity contribution in [1.29, 1.82) is 0 Å². The van der Waals surface area contributed by atoms with Gasteiger partial charge in [-0.2, -0.15) is 0 Å². The van der Waals surface area contributed by atoms with Crippen molar-refractivity contribution in [2.24, 2.45) is 0 Å². The molecule has 0 aromatic heterocycles. The maximum Gasteiger partial charge on any atom is 0.335 e. The van der Waals surface area contributed by atoms with Gasteiger partial charge in [0.05, 0.1) is 28.3 Å². The molecule has 3 aromatic rings. The Morgan fingerprint density at radius 1 is 1.06 bits per heavy atom. The van der Waals surface area contributed by atoms with Gasteiger partial charge in [-0.15, -0.1) is 0 Å². The number of benzene rings is 3. The van der Waals surface area contributed by atoms with Gasteiger partial charge in [0.15, 0.2) is 5.75 Å². The molecule has 34 heavy (non-hydrogen) atoms. The second-order valence-corrected chi connectivity index (χ2v) is 9.67. The molecule has 0 saturated carbocycles. The molecule has 0 unspecified atom stereocenters. The number of nitrogens with one attached hydrogen (secondary N) is 1. The van der Waals surface area contributed by atoms with E-state index < -0.39 is 28.4 Å². The van der Waals surface area contributed by atoms with Crippen molar-refractivity contribution in [3.63, 3.8) is 0 Å². The highest BCUT2D eigenvalue weighted by atomic mass is 35.5. The molecule has 0 fully saturated rings. The Bertz CT molecular complexity index is 1310. The minimum Gasteiger partial charge on any atom is -0.493 e. The number of carbonyl (C=O) groups is 2. The van der Waals surface area contributed by atoms with Crippen molar-refractivity contribution in [1.82, 2.24) is 5.32 Å². The Hall–Kier alpha value is -3.56. The molecule has 0 saturated heterocycles. The summed E-state index contributed by atoms with van der Waals surface area (Å²) in [5, 5.41) is 12.0. The SMILES string of the molecule is COc1c(Cl)cccc1N(CC(=O)NCc1cccc(C(=O)O)c1)S(=O)(=O)c1ccc(C)cc1. The highest BCUT2D eigenvalue weighted by molar-refractivity contribution is 7.92. The number of rotatable bonds is 9. The van der Waals surface area contributed by atoms with E-state index in [-0.39, 0.29) is 33.5 Å². The summed E-state index contributed by atoms with van der Waals surface area (Å²) >= 11 is 6.21. The molecule has 0 heterocycles. The molecule has 10 heteroatoms. The molecular weight excluding hydrogens is 480 g/mol. The number of aryl methyl sites for hydroxylation is 1. The van der Waals surface area contributed by atoms with Crippen LogP contribution in [0.5, 0.6) is 5.75 Å². The highest BCUT2D eigenvalue weighted by Crippen LogP contribution is 2.37. The second kappa shape index (κ2) is 10.6. The standard InChI is InChI=1S/C24H23ClN2O6S/c1-16-9-11-19(12-10-16)34(31,32)27(21-8-4-7-20(25)23(21)33-2)15-22(28)26-14-17-5-3-6-18(13-17)24(29)30/h3-13H,14-15H2,1-2H3,(H,26,28)(H,29,30). The normalized spacial score (nSPS) is 11.0. The predicted octanol–water partition coefficient (Wildman–Crippen LogP) is 3.87. The molecule has 3 aromatic carbocycles. The van der Waals surface area contributed by atoms with E-state index in [1.54, 1.807) is 36.4 Å². The average Bonchev–Trinajstić information content (AvgIpc) is 2.81. The van der Waals surface area contributed by atoms with E-state index in [2.05, 4.69) is 5.32 Å². The summed E-state index contributed by atoms with van der Waals surface area (Å²) in [5.41, 5.74) is 1.63. The average molecular weight is 503 g/mol. The van der Waals surface area contributed by atoms with Crippen LogP contribution >= 0.6 is 11.6 Å². The summed E-state index contributed by atoms with van der Waals surface area (Å²) in [6.07, 6.45) is 0. The van der Waals surface area contributed by atoms with Gasteiger partial charge in [0.1, 0.15) is 6.54 Å². The van der Waals surface area contributed by atoms with Gasteiger partial charge < -0.3 is 15.2 Å². The number of aromatic carboxylic acids is 1. The first-order chi connectivity index (χ1) is 16.1. The summed E-state index contributed by atoms with van der Waals surface area (Å²) < 4.78 is 33.3. The summed E-state index contributed by atoms with van der Waals surface area (Å²) in [5.74, 6) is -1.57. The maximum atomic E-state index is 13.5. The Kier molecular flexibility index (Phi) is 7.80. The van der Waals surface area contributed by atoms with E-state index in [0.29, 0.717) is 5.56 Å². The number of carboxylic acid groups (broad SMARTS) is 1. The van der Waals surface area contributed by atoms with Gasteiger partial charge in [-0.1, -0.05) is 47.5 Å². The molecule has 8 nitrogen and oxygen atoms in total. The fraction of sp³-hybridized carbons (Fsp3) is 0.167. The molecule has 178 valence electrons. The molecule has 0 radical (unpaired) electrons. The maximum absolute atomic E-state index is 13.5. The topological polar surface area (TPSA) is 113 Å². The molecule has 0 spiro atoms. The second-order valence-electron chi connectivity index (χ2n) is 7.40. The lowest BCUT2D eigenvalue weighted by Crippen LogP contribution is -2.41. The van der Waals surface area contributed by atoms with Crippen molar-refractivity contribution in [2.45, 2.75) is 18.4 Å². The number of anilines is 1. The number of hydrogen-bond donors (Lipinski definition) is 2. The van der Waals surface area contributed by atoms with Gasteiger partial charge in [0, 0.05) is 6.54 Å². The van der Waals surface area contributed by atoms with Crippen molar-refractivity contribution >= 4 is 39.2 Å². The number of nitrogens with zero attached hydrogens (tertiary/aromatic N) is 1. The summed E-state index contributed by atoms with van der Waals surface area (Å²) in [6.45, 7) is 1.30. The Balaban J connectivity index is 1.92. The van der Waals surface area contributed by atoms with Gasteiger partial charge in [-0.25, -0.2) is 13.2 Å². The van der Waals surface area contributed by atoms with Gasteiger partial charge >= 0.3 is 5.97 Å². The lowest BCUT2D eigenvalue weighted by atomic mass is 10.1. The van der Waals surface area contributed by atoms with Crippen LogP contribution in [0.1, 0.15) is 21.5 Å². The number of sulfonamides is 1. The number of para-hydroxylation sites is 1. The van der Waals surface area contributed by atoms with Crippen LogP contribution in [0.25, 0.3) is 0 Å². The number of hydrogen-bond acceptors (Lipinski definition) is 5. The van der Waals surface area contributed by atoms with Crippen LogP contribution in [0.3, 0.4) is 0 Å². The third kappa shape index (κ3) is 5.67. The number of carbonyl (C=O) groups excluding carboxylic acids is 1. The first kappa shape index (κ1) is 25.1. The number of amides is 1. The zero-order chi connectivity index (χ0) is 24.9. The minimum atomic E-state index is -4.16. The fourth-order valence-electron chi connectivity index (χ4n) is 3.23. The number of methoxy groups -OCH3 is 1. The molecule has 3 rings (SSSR count). The summed E-state index contributed by atoms with van der Waals surface area (Å²) in [6, 6.07) is 17.0. The van der Waals surface area contributed by atoms with E-state index in [1.165, 1.54) is 37.4 Å². The van der Waals surface area contributed by atoms with Crippen LogP contribution in [0.2, 0.25) is 5.02 Å². The van der Waals surface area contributed by atoms with Gasteiger partial charge in [-0.3, -0.25) is 9.10 Å². The zero-order valence-electron chi connectivity index (χ0n) is 18.5. The van der Waals surface area contributed by atoms with Crippen molar-refractivity contribution in [3.05, 3.63) is 88.4 Å². The molecular formula is C24H23ClN2O6S. The van der Waals surface area contributed by atoms with E-state index in [1.807, 2.05) is 6.92 Å². The molecule has 2 N–H and O–H groups in total. The first-order valence-corrected chi connectivity index (χ1v) is 12.0. The number of carboxylic acids is 1. The molecule has 0 atom stereocenters. The third-order valence-electron chi connectivity index (χ3n) is 4.98. The van der Waals surface area contributed by atoms with Crippen LogP contribution < -0.4 is 14.4 Å². The van der Waals surface area contributed by atoms with E-state index in [9.17, 15) is 18.0 Å². The zero-order valence-corrected chi connectivity index (χ0v) is 20.1. The Morgan fingerprint density at radius 3 is 2.38 bits per heavy atom. The summed E-state index contributed by atoms with van der Waals surface area (Å²) in [4.78, 5) is 24.0. The molecule has 0 bridgehead atoms. The largest absolute Gasteiger partial charge is 0.493 e. The van der Waals surface area contributed by atoms with E-state index in [0.717, 1.165) is 9.87 Å². The number of halogens is 1. The highest BCUT2D eigenvalue weighted by Gasteiger charge is 2.30. The quantitative estimate of drug-likeness (QED) is 0.459. The van der Waals surface area contributed by atoms with Gasteiger partial charge in [-0.05, 0) is 48.9 Å². The van der Waals surface area contributed by atoms with Crippen LogP contribution in [0.15, 0.2) is 71.6 Å². The van der Waals surface area contributed by atoms with E-state index in [4.69, 9.17) is 21.4 Å². The number of ether oxygens (including phenoxy) is 1. The fourth-order valence-corrected chi connectivity index (χ4v) is 4.91. The lowest BCUT2D eigenvalue weighted by Gasteiger charge is -2.26. The minimum absolute atomic E-state index is 0.00193. The monoisotopic (exact) mass is 502 g/mol. The van der Waals surface area contributed by atoms with Crippen molar-refractivity contribution < 1.29 is 27.9 Å². The van der Waals surface area contributed by atoms with Gasteiger partial charge in [0.2, 0.25) is 5.91 Å². The molecule has 0 aliphatic heterocycles. The molecule has 1 amide bonds. The smallest absolute Gasteiger partial charge is 0.335 e. The van der Waals surface area contributed by atoms with Crippen LogP contribution in [-0.4, -0.2) is 39.1 Å². The first-order valence-electron chi connectivity index (χ1n) is 10.1. The third-order valence-corrected chi connectivity index (χ3v) is 7.05. The van der Waals surface area contributed by atoms with Gasteiger partial charge in [0.25, 0.3) is 10.0 Å². The van der Waals surface area contributed by atoms with Crippen LogP contribution in [0.4, 0.5) is 5.69 Å². The molecule has 0 aliphatic rings. The molecule has 0 aliphatic carbocycles. The lowest BCUT2D eigenvalue weighted by molar-refractivity contribution is -0.119.